The summed E-state index contributed by atoms with van der Waals surface area (Å²) in [5.41, 5.74) is 0.595. The number of aldehydes is 1. The van der Waals surface area contributed by atoms with E-state index in [9.17, 15) is 4.79 Å². The van der Waals surface area contributed by atoms with E-state index in [1.54, 1.807) is 24.3 Å². The SMILES string of the molecule is O=Cc1ccc(Oc2ncncn2)cc1. The maximum Gasteiger partial charge on any atom is 0.324 e. The van der Waals surface area contributed by atoms with Crippen molar-refractivity contribution in [1.82, 2.24) is 15.0 Å². The van der Waals surface area contributed by atoms with Gasteiger partial charge in [0.15, 0.2) is 0 Å². The van der Waals surface area contributed by atoms with Gasteiger partial charge in [0.25, 0.3) is 0 Å². The number of nitrogens with zero attached hydrogens (tertiary/aromatic N) is 3. The number of hydrogen-bond donors (Lipinski definition) is 0. The zero-order valence-corrected chi connectivity index (χ0v) is 7.70. The highest BCUT2D eigenvalue weighted by Crippen LogP contribution is 2.16. The Morgan fingerprint density at radius 2 is 1.73 bits per heavy atom. The topological polar surface area (TPSA) is 65.0 Å². The predicted octanol–water partition coefficient (Wildman–Crippen LogP) is 1.48. The summed E-state index contributed by atoms with van der Waals surface area (Å²) in [6, 6.07) is 6.89. The highest BCUT2D eigenvalue weighted by Gasteiger charge is 1.98. The Hall–Kier alpha value is -2.30. The molecule has 0 unspecified atom stereocenters. The van der Waals surface area contributed by atoms with Gasteiger partial charge in [-0.2, -0.15) is 9.97 Å². The van der Waals surface area contributed by atoms with Gasteiger partial charge >= 0.3 is 6.01 Å². The molecule has 2 rings (SSSR count). The first kappa shape index (κ1) is 9.26. The van der Waals surface area contributed by atoms with Gasteiger partial charge in [-0.1, -0.05) is 0 Å². The molecule has 0 N–H and O–H groups in total. The van der Waals surface area contributed by atoms with Crippen LogP contribution in [0.5, 0.6) is 11.8 Å². The summed E-state index contributed by atoms with van der Waals surface area (Å²) in [5, 5.41) is 0. The first-order chi connectivity index (χ1) is 7.38. The minimum absolute atomic E-state index is 0.226. The van der Waals surface area contributed by atoms with Gasteiger partial charge in [-0.05, 0) is 24.3 Å². The van der Waals surface area contributed by atoms with Gasteiger partial charge in [0, 0.05) is 5.56 Å². The number of rotatable bonds is 3. The Kier molecular flexibility index (Phi) is 2.64. The van der Waals surface area contributed by atoms with Crippen LogP contribution >= 0.6 is 0 Å². The lowest BCUT2D eigenvalue weighted by molar-refractivity contribution is 0.112. The molecule has 0 aliphatic carbocycles. The molecule has 0 saturated carbocycles. The molecule has 1 aromatic carbocycles. The predicted molar refractivity (Wildman–Crippen MR) is 51.7 cm³/mol. The molecule has 0 radical (unpaired) electrons. The summed E-state index contributed by atoms with van der Waals surface area (Å²) < 4.78 is 5.30. The number of carbonyl (C=O) groups excluding carboxylic acids is 1. The third kappa shape index (κ3) is 2.34. The fourth-order valence-corrected chi connectivity index (χ4v) is 1.00. The van der Waals surface area contributed by atoms with Crippen molar-refractivity contribution in [3.63, 3.8) is 0 Å². The highest BCUT2D eigenvalue weighted by molar-refractivity contribution is 5.74. The van der Waals surface area contributed by atoms with E-state index >= 15 is 0 Å². The molecule has 1 aromatic heterocycles. The number of hydrogen-bond acceptors (Lipinski definition) is 5. The van der Waals surface area contributed by atoms with Crippen LogP contribution in [0, 0.1) is 0 Å². The van der Waals surface area contributed by atoms with E-state index in [4.69, 9.17) is 4.74 Å². The van der Waals surface area contributed by atoms with Crippen LogP contribution in [0.15, 0.2) is 36.9 Å². The second kappa shape index (κ2) is 4.28. The van der Waals surface area contributed by atoms with E-state index in [1.807, 2.05) is 0 Å². The lowest BCUT2D eigenvalue weighted by atomic mass is 10.2. The average molecular weight is 201 g/mol. The molecular weight excluding hydrogens is 194 g/mol. The van der Waals surface area contributed by atoms with Crippen LogP contribution in [0.1, 0.15) is 10.4 Å². The number of aromatic nitrogens is 3. The van der Waals surface area contributed by atoms with E-state index in [-0.39, 0.29) is 6.01 Å². The zero-order valence-electron chi connectivity index (χ0n) is 7.70. The molecule has 0 bridgehead atoms. The Morgan fingerprint density at radius 1 is 1.07 bits per heavy atom. The van der Waals surface area contributed by atoms with Gasteiger partial charge in [0.05, 0.1) is 0 Å². The summed E-state index contributed by atoms with van der Waals surface area (Å²) in [6.45, 7) is 0. The van der Waals surface area contributed by atoms with Crippen LogP contribution in [0.25, 0.3) is 0 Å². The van der Waals surface area contributed by atoms with Crippen molar-refractivity contribution >= 4 is 6.29 Å². The van der Waals surface area contributed by atoms with Gasteiger partial charge in [-0.15, -0.1) is 0 Å². The lowest BCUT2D eigenvalue weighted by Gasteiger charge is -2.01. The normalized spacial score (nSPS) is 9.60. The number of carbonyl (C=O) groups is 1. The molecule has 0 saturated heterocycles. The molecule has 5 heteroatoms. The highest BCUT2D eigenvalue weighted by atomic mass is 16.5. The maximum atomic E-state index is 10.4. The second-order valence-corrected chi connectivity index (χ2v) is 2.71. The average Bonchev–Trinajstić information content (AvgIpc) is 2.31. The van der Waals surface area contributed by atoms with E-state index in [2.05, 4.69) is 15.0 Å². The molecule has 5 nitrogen and oxygen atoms in total. The van der Waals surface area contributed by atoms with E-state index in [0.717, 1.165) is 6.29 Å². The maximum absolute atomic E-state index is 10.4. The van der Waals surface area contributed by atoms with E-state index < -0.39 is 0 Å². The Morgan fingerprint density at radius 3 is 2.33 bits per heavy atom. The molecule has 1 heterocycles. The Bertz CT molecular complexity index is 442. The molecule has 0 amide bonds. The Labute approximate surface area is 85.8 Å². The molecule has 0 aliphatic heterocycles. The Balaban J connectivity index is 2.15. The van der Waals surface area contributed by atoms with Crippen LogP contribution in [-0.4, -0.2) is 21.2 Å². The van der Waals surface area contributed by atoms with Crippen molar-refractivity contribution in [1.29, 1.82) is 0 Å². The quantitative estimate of drug-likeness (QED) is 0.703. The third-order valence-electron chi connectivity index (χ3n) is 1.70. The standard InChI is InChI=1S/C10H7N3O2/c14-5-8-1-3-9(4-2-8)15-10-12-6-11-7-13-10/h1-7H. The summed E-state index contributed by atoms with van der Waals surface area (Å²) in [5.74, 6) is 0.576. The summed E-state index contributed by atoms with van der Waals surface area (Å²) in [7, 11) is 0. The first-order valence-electron chi connectivity index (χ1n) is 4.23. The van der Waals surface area contributed by atoms with E-state index in [0.29, 0.717) is 11.3 Å². The van der Waals surface area contributed by atoms with Crippen LogP contribution < -0.4 is 4.74 Å². The van der Waals surface area contributed by atoms with E-state index in [1.165, 1.54) is 12.7 Å². The van der Waals surface area contributed by atoms with Crippen molar-refractivity contribution in [2.75, 3.05) is 0 Å². The van der Waals surface area contributed by atoms with Gasteiger partial charge in [-0.3, -0.25) is 4.79 Å². The fourth-order valence-electron chi connectivity index (χ4n) is 1.00. The third-order valence-corrected chi connectivity index (χ3v) is 1.70. The van der Waals surface area contributed by atoms with Crippen LogP contribution in [0.4, 0.5) is 0 Å². The number of ether oxygens (including phenoxy) is 1. The fraction of sp³-hybridized carbons (Fsp3) is 0. The van der Waals surface area contributed by atoms with Crippen molar-refractivity contribution < 1.29 is 9.53 Å². The molecule has 2 aromatic rings. The largest absolute Gasteiger partial charge is 0.424 e. The van der Waals surface area contributed by atoms with Crippen molar-refractivity contribution in [2.24, 2.45) is 0 Å². The molecular formula is C10H7N3O2. The van der Waals surface area contributed by atoms with Gasteiger partial charge < -0.3 is 4.74 Å². The lowest BCUT2D eigenvalue weighted by Crippen LogP contribution is -1.91. The molecule has 0 atom stereocenters. The molecule has 0 aliphatic rings. The zero-order chi connectivity index (χ0) is 10.5. The smallest absolute Gasteiger partial charge is 0.324 e. The summed E-state index contributed by atoms with van der Waals surface area (Å²) in [6.07, 6.45) is 3.47. The van der Waals surface area contributed by atoms with Crippen LogP contribution in [0.2, 0.25) is 0 Å². The first-order valence-corrected chi connectivity index (χ1v) is 4.23. The van der Waals surface area contributed by atoms with Crippen LogP contribution in [-0.2, 0) is 0 Å². The van der Waals surface area contributed by atoms with Gasteiger partial charge in [-0.25, -0.2) is 4.98 Å². The van der Waals surface area contributed by atoms with Crippen molar-refractivity contribution in [3.05, 3.63) is 42.5 Å². The molecule has 74 valence electrons. The minimum atomic E-state index is 0.226. The molecule has 15 heavy (non-hydrogen) atoms. The monoisotopic (exact) mass is 201 g/mol. The van der Waals surface area contributed by atoms with Crippen LogP contribution in [0.3, 0.4) is 0 Å². The van der Waals surface area contributed by atoms with Gasteiger partial charge in [0.1, 0.15) is 24.7 Å². The van der Waals surface area contributed by atoms with Crippen molar-refractivity contribution in [3.8, 4) is 11.8 Å². The minimum Gasteiger partial charge on any atom is -0.424 e. The van der Waals surface area contributed by atoms with Gasteiger partial charge in [0.2, 0.25) is 0 Å². The van der Waals surface area contributed by atoms with Crippen molar-refractivity contribution in [2.45, 2.75) is 0 Å². The summed E-state index contributed by atoms with van der Waals surface area (Å²) in [4.78, 5) is 21.7. The number of benzene rings is 1. The molecule has 0 fully saturated rings. The second-order valence-electron chi connectivity index (χ2n) is 2.71. The molecule has 0 spiro atoms. The summed E-state index contributed by atoms with van der Waals surface area (Å²) >= 11 is 0.